The number of urea groups is 1. The molecule has 7 nitrogen and oxygen atoms in total. The Morgan fingerprint density at radius 3 is 2.67 bits per heavy atom. The second-order valence-electron chi connectivity index (χ2n) is 4.86. The first-order valence-electron chi connectivity index (χ1n) is 6.73. The highest BCUT2D eigenvalue weighted by Crippen LogP contribution is 2.24. The van der Waals surface area contributed by atoms with E-state index < -0.39 is 6.03 Å². The molecule has 1 unspecified atom stereocenters. The lowest BCUT2D eigenvalue weighted by molar-refractivity contribution is -0.130. The number of thiazole rings is 1. The highest BCUT2D eigenvalue weighted by Gasteiger charge is 2.30. The van der Waals surface area contributed by atoms with Gasteiger partial charge in [-0.05, 0) is 20.3 Å². The number of rotatable bonds is 5. The van der Waals surface area contributed by atoms with Gasteiger partial charge in [0, 0.05) is 4.88 Å². The van der Waals surface area contributed by atoms with Crippen LogP contribution in [0.3, 0.4) is 0 Å². The number of aromatic nitrogens is 1. The quantitative estimate of drug-likeness (QED) is 0.790. The zero-order valence-corrected chi connectivity index (χ0v) is 13.0. The van der Waals surface area contributed by atoms with Gasteiger partial charge in [-0.1, -0.05) is 6.92 Å². The third-order valence-corrected chi connectivity index (χ3v) is 4.51. The molecule has 2 N–H and O–H groups in total. The standard InChI is InChI=1S/C13H18N4O3S/c1-4-9(12-15-7(2)8(3)21-12)16-10(18)6-17-11(19)5-14-13(17)20/h9H,4-6H2,1-3H3,(H,14,20)(H,16,18). The summed E-state index contributed by atoms with van der Waals surface area (Å²) in [5, 5.41) is 6.05. The third kappa shape index (κ3) is 3.38. The summed E-state index contributed by atoms with van der Waals surface area (Å²) in [6.45, 7) is 5.55. The number of hydrogen-bond donors (Lipinski definition) is 2. The molecule has 4 amide bonds. The van der Waals surface area contributed by atoms with Crippen molar-refractivity contribution in [2.75, 3.05) is 13.1 Å². The lowest BCUT2D eigenvalue weighted by Gasteiger charge is -2.17. The predicted octanol–water partition coefficient (Wildman–Crippen LogP) is 0.879. The average Bonchev–Trinajstić information content (AvgIpc) is 2.93. The van der Waals surface area contributed by atoms with E-state index in [1.807, 2.05) is 20.8 Å². The summed E-state index contributed by atoms with van der Waals surface area (Å²) in [6, 6.07) is -0.722. The molecule has 8 heteroatoms. The van der Waals surface area contributed by atoms with E-state index in [0.29, 0.717) is 6.42 Å². The smallest absolute Gasteiger partial charge is 0.325 e. The fourth-order valence-electron chi connectivity index (χ4n) is 1.98. The lowest BCUT2D eigenvalue weighted by Crippen LogP contribution is -2.41. The Morgan fingerprint density at radius 2 is 2.19 bits per heavy atom. The van der Waals surface area contributed by atoms with Crippen LogP contribution in [0.5, 0.6) is 0 Å². The molecule has 1 aromatic rings. The van der Waals surface area contributed by atoms with Crippen LogP contribution in [0.25, 0.3) is 0 Å². The van der Waals surface area contributed by atoms with Gasteiger partial charge in [0.2, 0.25) is 5.91 Å². The molecule has 114 valence electrons. The Morgan fingerprint density at radius 1 is 1.48 bits per heavy atom. The number of hydrogen-bond acceptors (Lipinski definition) is 5. The first kappa shape index (κ1) is 15.4. The Bertz CT molecular complexity index is 548. The van der Waals surface area contributed by atoms with E-state index in [9.17, 15) is 14.4 Å². The van der Waals surface area contributed by atoms with Gasteiger partial charge >= 0.3 is 6.03 Å². The summed E-state index contributed by atoms with van der Waals surface area (Å²) in [5.41, 5.74) is 0.955. The molecule has 0 spiro atoms. The van der Waals surface area contributed by atoms with Crippen molar-refractivity contribution < 1.29 is 14.4 Å². The van der Waals surface area contributed by atoms with Crippen LogP contribution < -0.4 is 10.6 Å². The molecule has 2 rings (SSSR count). The summed E-state index contributed by atoms with van der Waals surface area (Å²) in [7, 11) is 0. The summed E-state index contributed by atoms with van der Waals surface area (Å²) in [6.07, 6.45) is 0.693. The maximum absolute atomic E-state index is 12.0. The molecule has 1 aliphatic rings. The van der Waals surface area contributed by atoms with Crippen LogP contribution >= 0.6 is 11.3 Å². The first-order chi connectivity index (χ1) is 9.92. The largest absolute Gasteiger partial charge is 0.345 e. The molecule has 1 saturated heterocycles. The molecule has 0 bridgehead atoms. The number of carbonyl (C=O) groups is 3. The van der Waals surface area contributed by atoms with Gasteiger partial charge in [-0.15, -0.1) is 11.3 Å². The van der Waals surface area contributed by atoms with Crippen molar-refractivity contribution in [3.05, 3.63) is 15.6 Å². The van der Waals surface area contributed by atoms with E-state index in [2.05, 4.69) is 15.6 Å². The Balaban J connectivity index is 2.00. The van der Waals surface area contributed by atoms with E-state index in [-0.39, 0.29) is 30.9 Å². The minimum absolute atomic E-state index is 0.0474. The molecular formula is C13H18N4O3S. The van der Waals surface area contributed by atoms with E-state index in [1.54, 1.807) is 11.3 Å². The van der Waals surface area contributed by atoms with Crippen LogP contribution in [0.4, 0.5) is 4.79 Å². The molecular weight excluding hydrogens is 292 g/mol. The van der Waals surface area contributed by atoms with Gasteiger partial charge in [-0.25, -0.2) is 9.78 Å². The molecule has 0 aliphatic carbocycles. The Hall–Kier alpha value is -1.96. The normalized spacial score (nSPS) is 16.0. The molecule has 1 fully saturated rings. The second kappa shape index (κ2) is 6.21. The number of nitrogens with one attached hydrogen (secondary N) is 2. The summed E-state index contributed by atoms with van der Waals surface area (Å²) in [5.74, 6) is -0.748. The molecule has 0 radical (unpaired) electrons. The number of nitrogens with zero attached hydrogens (tertiary/aromatic N) is 2. The zero-order chi connectivity index (χ0) is 15.6. The van der Waals surface area contributed by atoms with Gasteiger partial charge in [-0.2, -0.15) is 0 Å². The Kier molecular flexibility index (Phi) is 4.56. The zero-order valence-electron chi connectivity index (χ0n) is 12.2. The van der Waals surface area contributed by atoms with Gasteiger partial charge in [0.1, 0.15) is 11.6 Å². The lowest BCUT2D eigenvalue weighted by atomic mass is 10.2. The van der Waals surface area contributed by atoms with Gasteiger partial charge in [0.05, 0.1) is 18.3 Å². The highest BCUT2D eigenvalue weighted by molar-refractivity contribution is 7.11. The first-order valence-corrected chi connectivity index (χ1v) is 7.55. The van der Waals surface area contributed by atoms with Crippen molar-refractivity contribution >= 4 is 29.2 Å². The van der Waals surface area contributed by atoms with Crippen molar-refractivity contribution in [3.8, 4) is 0 Å². The second-order valence-corrected chi connectivity index (χ2v) is 6.10. The van der Waals surface area contributed by atoms with Gasteiger partial charge < -0.3 is 10.6 Å². The van der Waals surface area contributed by atoms with E-state index >= 15 is 0 Å². The van der Waals surface area contributed by atoms with Crippen LogP contribution in [0, 0.1) is 13.8 Å². The molecule has 1 atom stereocenters. The molecule has 0 aromatic carbocycles. The minimum Gasteiger partial charge on any atom is -0.345 e. The third-order valence-electron chi connectivity index (χ3n) is 3.33. The fourth-order valence-corrected chi connectivity index (χ4v) is 3.04. The van der Waals surface area contributed by atoms with Gasteiger partial charge in [-0.3, -0.25) is 14.5 Å². The average molecular weight is 310 g/mol. The van der Waals surface area contributed by atoms with Crippen LogP contribution in [0.15, 0.2) is 0 Å². The van der Waals surface area contributed by atoms with Crippen molar-refractivity contribution in [3.63, 3.8) is 0 Å². The molecule has 1 aromatic heterocycles. The van der Waals surface area contributed by atoms with Crippen molar-refractivity contribution in [1.82, 2.24) is 20.5 Å². The van der Waals surface area contributed by atoms with Crippen LogP contribution in [0.1, 0.15) is 35.0 Å². The molecule has 2 heterocycles. The van der Waals surface area contributed by atoms with Crippen LogP contribution in [-0.2, 0) is 9.59 Å². The maximum Gasteiger partial charge on any atom is 0.325 e. The number of amides is 4. The van der Waals surface area contributed by atoms with E-state index in [4.69, 9.17) is 0 Å². The van der Waals surface area contributed by atoms with Gasteiger partial charge in [0.25, 0.3) is 5.91 Å². The molecule has 0 saturated carbocycles. The monoisotopic (exact) mass is 310 g/mol. The predicted molar refractivity (Wildman–Crippen MR) is 77.9 cm³/mol. The topological polar surface area (TPSA) is 91.4 Å². The summed E-state index contributed by atoms with van der Waals surface area (Å²) < 4.78 is 0. The van der Waals surface area contributed by atoms with Gasteiger partial charge in [0.15, 0.2) is 0 Å². The van der Waals surface area contributed by atoms with Crippen molar-refractivity contribution in [2.24, 2.45) is 0 Å². The maximum atomic E-state index is 12.0. The van der Waals surface area contributed by atoms with Crippen molar-refractivity contribution in [1.29, 1.82) is 0 Å². The Labute approximate surface area is 126 Å². The number of aryl methyl sites for hydroxylation is 2. The minimum atomic E-state index is -0.524. The van der Waals surface area contributed by atoms with Crippen LogP contribution in [0.2, 0.25) is 0 Å². The number of imide groups is 1. The molecule has 21 heavy (non-hydrogen) atoms. The highest BCUT2D eigenvalue weighted by atomic mass is 32.1. The van der Waals surface area contributed by atoms with Crippen LogP contribution in [-0.4, -0.2) is 40.8 Å². The van der Waals surface area contributed by atoms with E-state index in [0.717, 1.165) is 20.5 Å². The number of carbonyl (C=O) groups excluding carboxylic acids is 3. The molecule has 1 aliphatic heterocycles. The van der Waals surface area contributed by atoms with Crippen molar-refractivity contribution in [2.45, 2.75) is 33.2 Å². The fraction of sp³-hybridized carbons (Fsp3) is 0.538. The SMILES string of the molecule is CCC(NC(=O)CN1C(=O)CNC1=O)c1nc(C)c(C)s1. The summed E-state index contributed by atoms with van der Waals surface area (Å²) >= 11 is 1.55. The van der Waals surface area contributed by atoms with E-state index in [1.165, 1.54) is 0 Å². The summed E-state index contributed by atoms with van der Waals surface area (Å²) in [4.78, 5) is 41.3.